The van der Waals surface area contributed by atoms with Crippen LogP contribution < -0.4 is 11.3 Å². The predicted octanol–water partition coefficient (Wildman–Crippen LogP) is 1.47. The molecule has 0 saturated carbocycles. The van der Waals surface area contributed by atoms with Crippen LogP contribution in [0, 0.1) is 6.92 Å². The van der Waals surface area contributed by atoms with E-state index in [2.05, 4.69) is 4.98 Å². The monoisotopic (exact) mass is 350 g/mol. The SMILES string of the molecule is Cc1cccc2c(=O)n(CCC(=O)N3CCCC3CN)cnc12.Cl. The lowest BCUT2D eigenvalue weighted by molar-refractivity contribution is -0.132. The van der Waals surface area contributed by atoms with E-state index >= 15 is 0 Å². The Morgan fingerprint density at radius 3 is 2.96 bits per heavy atom. The maximum atomic E-state index is 12.5. The molecule has 1 aromatic carbocycles. The number of hydrogen-bond acceptors (Lipinski definition) is 4. The van der Waals surface area contributed by atoms with E-state index in [9.17, 15) is 9.59 Å². The molecule has 1 saturated heterocycles. The molecule has 1 amide bonds. The first-order valence-electron chi connectivity index (χ1n) is 8.06. The van der Waals surface area contributed by atoms with Crippen LogP contribution in [0.15, 0.2) is 29.3 Å². The van der Waals surface area contributed by atoms with E-state index in [1.54, 1.807) is 6.07 Å². The molecule has 1 atom stereocenters. The first kappa shape index (κ1) is 18.4. The van der Waals surface area contributed by atoms with Gasteiger partial charge in [0, 0.05) is 32.1 Å². The van der Waals surface area contributed by atoms with Gasteiger partial charge in [-0.2, -0.15) is 0 Å². The van der Waals surface area contributed by atoms with Crippen molar-refractivity contribution in [3.05, 3.63) is 40.4 Å². The third-order valence-corrected chi connectivity index (χ3v) is 4.59. The molecule has 2 heterocycles. The average Bonchev–Trinajstić information content (AvgIpc) is 3.03. The van der Waals surface area contributed by atoms with E-state index in [0.717, 1.165) is 30.5 Å². The molecule has 24 heavy (non-hydrogen) atoms. The fourth-order valence-corrected chi connectivity index (χ4v) is 3.27. The van der Waals surface area contributed by atoms with Gasteiger partial charge in [-0.25, -0.2) is 4.98 Å². The van der Waals surface area contributed by atoms with Crippen LogP contribution in [0.3, 0.4) is 0 Å². The highest BCUT2D eigenvalue weighted by Gasteiger charge is 2.27. The molecule has 1 aliphatic rings. The predicted molar refractivity (Wildman–Crippen MR) is 96.4 cm³/mol. The number of benzene rings is 1. The van der Waals surface area contributed by atoms with Gasteiger partial charge in [-0.05, 0) is 31.4 Å². The van der Waals surface area contributed by atoms with Gasteiger partial charge in [0.05, 0.1) is 17.2 Å². The molecule has 1 aliphatic heterocycles. The van der Waals surface area contributed by atoms with E-state index in [4.69, 9.17) is 5.73 Å². The van der Waals surface area contributed by atoms with Crippen molar-refractivity contribution in [3.63, 3.8) is 0 Å². The highest BCUT2D eigenvalue weighted by molar-refractivity contribution is 5.85. The maximum Gasteiger partial charge on any atom is 0.261 e. The van der Waals surface area contributed by atoms with Crippen LogP contribution in [0.25, 0.3) is 10.9 Å². The van der Waals surface area contributed by atoms with Gasteiger partial charge in [-0.15, -0.1) is 12.4 Å². The van der Waals surface area contributed by atoms with Gasteiger partial charge >= 0.3 is 0 Å². The Morgan fingerprint density at radius 1 is 1.42 bits per heavy atom. The third kappa shape index (κ3) is 3.44. The number of nitrogens with two attached hydrogens (primary N) is 1. The standard InChI is InChI=1S/C17H22N4O2.ClH/c1-12-4-2-6-14-16(12)19-11-20(17(14)23)9-7-15(22)21-8-3-5-13(21)10-18;/h2,4,6,11,13H,3,5,7-10,18H2,1H3;1H. The van der Waals surface area contributed by atoms with Crippen molar-refractivity contribution in [1.29, 1.82) is 0 Å². The molecule has 130 valence electrons. The first-order valence-corrected chi connectivity index (χ1v) is 8.06. The summed E-state index contributed by atoms with van der Waals surface area (Å²) < 4.78 is 1.52. The summed E-state index contributed by atoms with van der Waals surface area (Å²) in [4.78, 5) is 31.1. The molecule has 6 nitrogen and oxygen atoms in total. The number of amides is 1. The van der Waals surface area contributed by atoms with E-state index < -0.39 is 0 Å². The first-order chi connectivity index (χ1) is 11.1. The molecule has 2 aromatic rings. The van der Waals surface area contributed by atoms with Crippen molar-refractivity contribution in [2.75, 3.05) is 13.1 Å². The number of rotatable bonds is 4. The molecule has 0 aliphatic carbocycles. The number of hydrogen-bond donors (Lipinski definition) is 1. The average molecular weight is 351 g/mol. The molecule has 1 fully saturated rings. The summed E-state index contributed by atoms with van der Waals surface area (Å²) >= 11 is 0. The van der Waals surface area contributed by atoms with Crippen LogP contribution in [-0.4, -0.2) is 39.5 Å². The Hall–Kier alpha value is -1.92. The van der Waals surface area contributed by atoms with Crippen LogP contribution in [0.1, 0.15) is 24.8 Å². The number of carbonyl (C=O) groups excluding carboxylic acids is 1. The molecular formula is C17H23ClN4O2. The Labute approximate surface area is 147 Å². The zero-order valence-electron chi connectivity index (χ0n) is 13.8. The molecule has 7 heteroatoms. The number of fused-ring (bicyclic) bond motifs is 1. The summed E-state index contributed by atoms with van der Waals surface area (Å²) in [6.07, 6.45) is 3.81. The van der Waals surface area contributed by atoms with Crippen molar-refractivity contribution < 1.29 is 4.79 Å². The van der Waals surface area contributed by atoms with Gasteiger partial charge in [-0.1, -0.05) is 12.1 Å². The molecule has 1 aromatic heterocycles. The summed E-state index contributed by atoms with van der Waals surface area (Å²) in [5.74, 6) is 0.0641. The smallest absolute Gasteiger partial charge is 0.261 e. The van der Waals surface area contributed by atoms with Gasteiger partial charge in [-0.3, -0.25) is 14.2 Å². The normalized spacial score (nSPS) is 17.1. The third-order valence-electron chi connectivity index (χ3n) is 4.59. The number of para-hydroxylation sites is 1. The van der Waals surface area contributed by atoms with Crippen LogP contribution >= 0.6 is 12.4 Å². The number of likely N-dealkylation sites (tertiary alicyclic amines) is 1. The lowest BCUT2D eigenvalue weighted by atomic mass is 10.1. The second-order valence-corrected chi connectivity index (χ2v) is 6.08. The zero-order chi connectivity index (χ0) is 16.4. The van der Waals surface area contributed by atoms with Gasteiger partial charge in [0.1, 0.15) is 0 Å². The van der Waals surface area contributed by atoms with Crippen molar-refractivity contribution in [3.8, 4) is 0 Å². The lowest BCUT2D eigenvalue weighted by Crippen LogP contribution is -2.40. The number of nitrogens with zero attached hydrogens (tertiary/aromatic N) is 3. The van der Waals surface area contributed by atoms with Gasteiger partial charge < -0.3 is 10.6 Å². The molecule has 1 unspecified atom stereocenters. The Kier molecular flexibility index (Phi) is 5.96. The molecular weight excluding hydrogens is 328 g/mol. The van der Waals surface area contributed by atoms with Crippen LogP contribution in [0.5, 0.6) is 0 Å². The summed E-state index contributed by atoms with van der Waals surface area (Å²) in [5, 5.41) is 0.598. The second kappa shape index (κ2) is 7.77. The summed E-state index contributed by atoms with van der Waals surface area (Å²) in [5.41, 5.74) is 7.32. The van der Waals surface area contributed by atoms with Gasteiger partial charge in [0.15, 0.2) is 0 Å². The number of carbonyl (C=O) groups is 1. The van der Waals surface area contributed by atoms with Crippen molar-refractivity contribution >= 4 is 29.2 Å². The molecule has 0 bridgehead atoms. The van der Waals surface area contributed by atoms with E-state index in [1.165, 1.54) is 10.9 Å². The highest BCUT2D eigenvalue weighted by atomic mass is 35.5. The minimum absolute atomic E-state index is 0. The number of aryl methyl sites for hydroxylation is 2. The Bertz CT molecular complexity index is 790. The van der Waals surface area contributed by atoms with E-state index in [-0.39, 0.29) is 29.9 Å². The van der Waals surface area contributed by atoms with Crippen molar-refractivity contribution in [2.45, 2.75) is 38.8 Å². The minimum Gasteiger partial charge on any atom is -0.338 e. The van der Waals surface area contributed by atoms with E-state index in [1.807, 2.05) is 24.0 Å². The second-order valence-electron chi connectivity index (χ2n) is 6.08. The topological polar surface area (TPSA) is 81.2 Å². The zero-order valence-corrected chi connectivity index (χ0v) is 14.6. The summed E-state index contributed by atoms with van der Waals surface area (Å²) in [7, 11) is 0. The maximum absolute atomic E-state index is 12.5. The van der Waals surface area contributed by atoms with E-state index in [0.29, 0.717) is 24.9 Å². The van der Waals surface area contributed by atoms with Crippen molar-refractivity contribution in [2.24, 2.45) is 5.73 Å². The summed E-state index contributed by atoms with van der Waals surface area (Å²) in [6.45, 7) is 3.55. The molecule has 0 spiro atoms. The molecule has 2 N–H and O–H groups in total. The fourth-order valence-electron chi connectivity index (χ4n) is 3.27. The number of aromatic nitrogens is 2. The number of halogens is 1. The largest absolute Gasteiger partial charge is 0.338 e. The van der Waals surface area contributed by atoms with Gasteiger partial charge in [0.25, 0.3) is 5.56 Å². The quantitative estimate of drug-likeness (QED) is 0.905. The summed E-state index contributed by atoms with van der Waals surface area (Å²) in [6, 6.07) is 5.72. The van der Waals surface area contributed by atoms with Crippen LogP contribution in [0.4, 0.5) is 0 Å². The minimum atomic E-state index is -0.0942. The highest BCUT2D eigenvalue weighted by Crippen LogP contribution is 2.17. The molecule has 0 radical (unpaired) electrons. The lowest BCUT2D eigenvalue weighted by Gasteiger charge is -2.23. The Balaban J connectivity index is 0.00000208. The van der Waals surface area contributed by atoms with Crippen LogP contribution in [-0.2, 0) is 11.3 Å². The Morgan fingerprint density at radius 2 is 2.21 bits per heavy atom. The van der Waals surface area contributed by atoms with Crippen molar-refractivity contribution in [1.82, 2.24) is 14.5 Å². The fraction of sp³-hybridized carbons (Fsp3) is 0.471. The van der Waals surface area contributed by atoms with Gasteiger partial charge in [0.2, 0.25) is 5.91 Å². The molecule has 3 rings (SSSR count). The van der Waals surface area contributed by atoms with Crippen LogP contribution in [0.2, 0.25) is 0 Å².